The number of nitrogens with one attached hydrogen (secondary N) is 1. The van der Waals surface area contributed by atoms with Gasteiger partial charge in [0.1, 0.15) is 0 Å². The molecule has 0 aromatic heterocycles. The number of carbonyl (C=O) groups excluding carboxylic acids is 1. The molecule has 0 fully saturated rings. The van der Waals surface area contributed by atoms with Crippen LogP contribution in [0.2, 0.25) is 0 Å². The van der Waals surface area contributed by atoms with Crippen molar-refractivity contribution in [3.63, 3.8) is 0 Å². The first-order valence-electron chi connectivity index (χ1n) is 6.30. The third-order valence-electron chi connectivity index (χ3n) is 3.43. The van der Waals surface area contributed by atoms with Crippen LogP contribution in [0.3, 0.4) is 0 Å². The number of hydrogen-bond donors (Lipinski definition) is 2. The Hall–Kier alpha value is -0.870. The Balaban J connectivity index is 2.63. The van der Waals surface area contributed by atoms with Gasteiger partial charge < -0.3 is 11.1 Å². The molecule has 1 aromatic rings. The zero-order chi connectivity index (χ0) is 13.6. The number of halogens is 1. The minimum absolute atomic E-state index is 0.0338. The van der Waals surface area contributed by atoms with Gasteiger partial charge in [0, 0.05) is 11.0 Å². The summed E-state index contributed by atoms with van der Waals surface area (Å²) in [4.78, 5) is 12.0. The minimum atomic E-state index is -0.257. The van der Waals surface area contributed by atoms with Crippen LogP contribution < -0.4 is 11.1 Å². The van der Waals surface area contributed by atoms with Gasteiger partial charge in [-0.2, -0.15) is 0 Å². The second kappa shape index (κ2) is 6.90. The summed E-state index contributed by atoms with van der Waals surface area (Å²) in [6.07, 6.45) is 2.10. The van der Waals surface area contributed by atoms with Crippen molar-refractivity contribution < 1.29 is 4.79 Å². The molecule has 0 spiro atoms. The summed E-state index contributed by atoms with van der Waals surface area (Å²) in [6, 6.07) is 7.79. The fourth-order valence-electron chi connectivity index (χ4n) is 1.89. The predicted octanol–water partition coefficient (Wildman–Crippen LogP) is 2.63. The van der Waals surface area contributed by atoms with Crippen LogP contribution in [-0.4, -0.2) is 18.0 Å². The van der Waals surface area contributed by atoms with Crippen LogP contribution in [0, 0.1) is 0 Å². The first kappa shape index (κ1) is 15.2. The maximum atomic E-state index is 12.0. The van der Waals surface area contributed by atoms with E-state index in [0.29, 0.717) is 13.0 Å². The molecule has 3 N–H and O–H groups in total. The van der Waals surface area contributed by atoms with Gasteiger partial charge >= 0.3 is 0 Å². The van der Waals surface area contributed by atoms with Gasteiger partial charge in [-0.15, -0.1) is 0 Å². The van der Waals surface area contributed by atoms with E-state index in [1.165, 1.54) is 0 Å². The Kier molecular flexibility index (Phi) is 5.82. The van der Waals surface area contributed by atoms with Crippen molar-refractivity contribution in [2.24, 2.45) is 5.73 Å². The van der Waals surface area contributed by atoms with Gasteiger partial charge in [0.05, 0.1) is 12.0 Å². The van der Waals surface area contributed by atoms with E-state index in [-0.39, 0.29) is 11.4 Å². The molecule has 0 bridgehead atoms. The SMILES string of the molecule is CCC(CC)(CN)NC(=O)Cc1ccc(Br)cc1. The van der Waals surface area contributed by atoms with Crippen molar-refractivity contribution >= 4 is 21.8 Å². The van der Waals surface area contributed by atoms with E-state index < -0.39 is 0 Å². The lowest BCUT2D eigenvalue weighted by molar-refractivity contribution is -0.122. The van der Waals surface area contributed by atoms with Gasteiger partial charge in [-0.1, -0.05) is 41.9 Å². The van der Waals surface area contributed by atoms with Crippen molar-refractivity contribution in [1.82, 2.24) is 5.32 Å². The Morgan fingerprint density at radius 2 is 1.83 bits per heavy atom. The second-order valence-electron chi connectivity index (χ2n) is 4.54. The number of carbonyl (C=O) groups is 1. The highest BCUT2D eigenvalue weighted by Crippen LogP contribution is 2.14. The van der Waals surface area contributed by atoms with Crippen molar-refractivity contribution in [2.75, 3.05) is 6.54 Å². The Morgan fingerprint density at radius 3 is 2.28 bits per heavy atom. The molecule has 18 heavy (non-hydrogen) atoms. The molecule has 0 unspecified atom stereocenters. The molecule has 0 radical (unpaired) electrons. The molecule has 0 aliphatic carbocycles. The van der Waals surface area contributed by atoms with Crippen LogP contribution in [0.4, 0.5) is 0 Å². The third-order valence-corrected chi connectivity index (χ3v) is 3.96. The van der Waals surface area contributed by atoms with Gasteiger partial charge in [0.15, 0.2) is 0 Å². The molecular weight excluding hydrogens is 292 g/mol. The Labute approximate surface area is 117 Å². The zero-order valence-electron chi connectivity index (χ0n) is 11.0. The van der Waals surface area contributed by atoms with Crippen LogP contribution in [0.5, 0.6) is 0 Å². The Bertz CT molecular complexity index is 377. The van der Waals surface area contributed by atoms with Gasteiger partial charge in [-0.05, 0) is 30.5 Å². The van der Waals surface area contributed by atoms with Crippen LogP contribution >= 0.6 is 15.9 Å². The molecule has 1 rings (SSSR count). The lowest BCUT2D eigenvalue weighted by atomic mass is 9.92. The maximum absolute atomic E-state index is 12.0. The summed E-state index contributed by atoms with van der Waals surface area (Å²) in [7, 11) is 0. The average Bonchev–Trinajstić information content (AvgIpc) is 2.39. The van der Waals surface area contributed by atoms with Crippen LogP contribution in [0.15, 0.2) is 28.7 Å². The van der Waals surface area contributed by atoms with Crippen molar-refractivity contribution in [3.8, 4) is 0 Å². The summed E-state index contributed by atoms with van der Waals surface area (Å²) in [6.45, 7) is 4.58. The average molecular weight is 313 g/mol. The highest BCUT2D eigenvalue weighted by Gasteiger charge is 2.25. The number of amides is 1. The van der Waals surface area contributed by atoms with Gasteiger partial charge in [0.25, 0.3) is 0 Å². The molecule has 3 nitrogen and oxygen atoms in total. The fourth-order valence-corrected chi connectivity index (χ4v) is 2.16. The molecule has 100 valence electrons. The summed E-state index contributed by atoms with van der Waals surface area (Å²) >= 11 is 3.38. The molecule has 1 amide bonds. The van der Waals surface area contributed by atoms with Crippen molar-refractivity contribution in [3.05, 3.63) is 34.3 Å². The number of benzene rings is 1. The normalized spacial score (nSPS) is 11.3. The second-order valence-corrected chi connectivity index (χ2v) is 5.46. The highest BCUT2D eigenvalue weighted by molar-refractivity contribution is 9.10. The van der Waals surface area contributed by atoms with Crippen LogP contribution in [0.1, 0.15) is 32.3 Å². The molecule has 0 saturated carbocycles. The number of hydrogen-bond acceptors (Lipinski definition) is 2. The molecule has 0 saturated heterocycles. The summed E-state index contributed by atoms with van der Waals surface area (Å²) in [5.74, 6) is 0.0338. The topological polar surface area (TPSA) is 55.1 Å². The van der Waals surface area contributed by atoms with Crippen LogP contribution in [-0.2, 0) is 11.2 Å². The maximum Gasteiger partial charge on any atom is 0.224 e. The van der Waals surface area contributed by atoms with E-state index in [2.05, 4.69) is 35.1 Å². The lowest BCUT2D eigenvalue weighted by Gasteiger charge is -2.31. The van der Waals surface area contributed by atoms with Gasteiger partial charge in [0.2, 0.25) is 5.91 Å². The Morgan fingerprint density at radius 1 is 1.28 bits per heavy atom. The van der Waals surface area contributed by atoms with Gasteiger partial charge in [-0.3, -0.25) is 4.79 Å². The quantitative estimate of drug-likeness (QED) is 0.848. The zero-order valence-corrected chi connectivity index (χ0v) is 12.6. The third kappa shape index (κ3) is 4.10. The molecular formula is C14H21BrN2O. The minimum Gasteiger partial charge on any atom is -0.349 e. The van der Waals surface area contributed by atoms with Crippen molar-refractivity contribution in [1.29, 1.82) is 0 Å². The molecule has 0 aliphatic rings. The summed E-state index contributed by atoms with van der Waals surface area (Å²) in [5, 5.41) is 3.07. The molecule has 0 atom stereocenters. The van der Waals surface area contributed by atoms with Crippen LogP contribution in [0.25, 0.3) is 0 Å². The monoisotopic (exact) mass is 312 g/mol. The lowest BCUT2D eigenvalue weighted by Crippen LogP contribution is -2.53. The first-order chi connectivity index (χ1) is 8.55. The number of rotatable bonds is 6. The van der Waals surface area contributed by atoms with E-state index in [4.69, 9.17) is 5.73 Å². The van der Waals surface area contributed by atoms with E-state index in [1.54, 1.807) is 0 Å². The molecule has 4 heteroatoms. The van der Waals surface area contributed by atoms with E-state index in [9.17, 15) is 4.79 Å². The number of nitrogens with two attached hydrogens (primary N) is 1. The van der Waals surface area contributed by atoms with Crippen molar-refractivity contribution in [2.45, 2.75) is 38.6 Å². The largest absolute Gasteiger partial charge is 0.349 e. The van der Waals surface area contributed by atoms with Gasteiger partial charge in [-0.25, -0.2) is 0 Å². The molecule has 1 aromatic carbocycles. The molecule has 0 aliphatic heterocycles. The highest BCUT2D eigenvalue weighted by atomic mass is 79.9. The summed E-state index contributed by atoms with van der Waals surface area (Å²) < 4.78 is 1.02. The predicted molar refractivity (Wildman–Crippen MR) is 78.4 cm³/mol. The first-order valence-corrected chi connectivity index (χ1v) is 7.10. The fraction of sp³-hybridized carbons (Fsp3) is 0.500. The standard InChI is InChI=1S/C14H21BrN2O/c1-3-14(4-2,10-16)17-13(18)9-11-5-7-12(15)8-6-11/h5-8H,3-4,9-10,16H2,1-2H3,(H,17,18). The van der Waals surface area contributed by atoms with E-state index >= 15 is 0 Å². The molecule has 0 heterocycles. The van der Waals surface area contributed by atoms with E-state index in [1.807, 2.05) is 24.3 Å². The summed E-state index contributed by atoms with van der Waals surface area (Å²) in [5.41, 5.74) is 6.52. The smallest absolute Gasteiger partial charge is 0.224 e. The van der Waals surface area contributed by atoms with E-state index in [0.717, 1.165) is 22.9 Å².